The molecule has 5 nitrogen and oxygen atoms in total. The average molecular weight is 318 g/mol. The molecule has 22 heavy (non-hydrogen) atoms. The molecule has 0 amide bonds. The number of fused-ring (bicyclic) bond motifs is 1. The highest BCUT2D eigenvalue weighted by molar-refractivity contribution is 6.31. The first-order valence-electron chi connectivity index (χ1n) is 7.10. The molecule has 1 saturated carbocycles. The van der Waals surface area contributed by atoms with Gasteiger partial charge in [-0.3, -0.25) is 0 Å². The third-order valence-electron chi connectivity index (χ3n) is 3.78. The van der Waals surface area contributed by atoms with Crippen LogP contribution in [0.1, 0.15) is 30.0 Å². The lowest BCUT2D eigenvalue weighted by Crippen LogP contribution is -2.06. The molecule has 1 fully saturated rings. The smallest absolute Gasteiger partial charge is 0.200 e. The van der Waals surface area contributed by atoms with Crippen molar-refractivity contribution in [2.45, 2.75) is 25.3 Å². The van der Waals surface area contributed by atoms with Gasteiger partial charge >= 0.3 is 0 Å². The average Bonchev–Trinajstić information content (AvgIpc) is 3.26. The van der Waals surface area contributed by atoms with Crippen LogP contribution in [0, 0.1) is 5.82 Å². The lowest BCUT2D eigenvalue weighted by Gasteiger charge is -2.10. The van der Waals surface area contributed by atoms with Gasteiger partial charge in [0.1, 0.15) is 12.1 Å². The van der Waals surface area contributed by atoms with Crippen LogP contribution >= 0.6 is 11.6 Å². The largest absolute Gasteiger partial charge is 0.378 e. The van der Waals surface area contributed by atoms with Crippen molar-refractivity contribution in [3.63, 3.8) is 0 Å². The molecule has 1 aromatic carbocycles. The van der Waals surface area contributed by atoms with Crippen molar-refractivity contribution in [1.82, 2.24) is 19.8 Å². The molecule has 0 radical (unpaired) electrons. The van der Waals surface area contributed by atoms with E-state index < -0.39 is 5.82 Å². The second-order valence-electron chi connectivity index (χ2n) is 5.42. The van der Waals surface area contributed by atoms with Crippen LogP contribution in [-0.4, -0.2) is 19.8 Å². The summed E-state index contributed by atoms with van der Waals surface area (Å²) in [6, 6.07) is 6.78. The maximum absolute atomic E-state index is 13.5. The van der Waals surface area contributed by atoms with E-state index in [0.717, 1.165) is 24.2 Å². The highest BCUT2D eigenvalue weighted by Crippen LogP contribution is 2.40. The van der Waals surface area contributed by atoms with Crippen molar-refractivity contribution < 1.29 is 4.39 Å². The molecule has 4 rings (SSSR count). The zero-order valence-corrected chi connectivity index (χ0v) is 12.4. The van der Waals surface area contributed by atoms with Gasteiger partial charge in [-0.05, 0) is 30.5 Å². The Kier molecular flexibility index (Phi) is 3.18. The molecule has 1 aliphatic carbocycles. The summed E-state index contributed by atoms with van der Waals surface area (Å²) in [4.78, 5) is 0. The molecule has 0 saturated heterocycles. The third kappa shape index (κ3) is 2.39. The second kappa shape index (κ2) is 5.21. The first-order valence-corrected chi connectivity index (χ1v) is 7.48. The Hall–Kier alpha value is -2.21. The fourth-order valence-corrected chi connectivity index (χ4v) is 2.62. The molecule has 1 aliphatic rings. The van der Waals surface area contributed by atoms with Gasteiger partial charge in [-0.25, -0.2) is 4.39 Å². The predicted molar refractivity (Wildman–Crippen MR) is 81.5 cm³/mol. The van der Waals surface area contributed by atoms with Gasteiger partial charge in [0.15, 0.2) is 0 Å². The number of nitrogens with zero attached hydrogens (tertiary/aromatic N) is 4. The van der Waals surface area contributed by atoms with Crippen LogP contribution in [0.2, 0.25) is 5.02 Å². The number of aromatic nitrogens is 4. The Labute approximate surface area is 131 Å². The van der Waals surface area contributed by atoms with E-state index >= 15 is 0 Å². The summed E-state index contributed by atoms with van der Waals surface area (Å²) in [5, 5.41) is 15.9. The Morgan fingerprint density at radius 2 is 2.23 bits per heavy atom. The number of benzene rings is 1. The zero-order valence-electron chi connectivity index (χ0n) is 11.6. The first-order chi connectivity index (χ1) is 10.7. The van der Waals surface area contributed by atoms with Crippen molar-refractivity contribution in [2.24, 2.45) is 0 Å². The van der Waals surface area contributed by atoms with Gasteiger partial charge in [0.25, 0.3) is 0 Å². The summed E-state index contributed by atoms with van der Waals surface area (Å²) in [7, 11) is 0. The van der Waals surface area contributed by atoms with Gasteiger partial charge < -0.3 is 5.32 Å². The fraction of sp³-hybridized carbons (Fsp3) is 0.267. The minimum absolute atomic E-state index is 0.143. The topological polar surface area (TPSA) is 55.1 Å². The number of halogens is 2. The van der Waals surface area contributed by atoms with E-state index in [1.807, 2.05) is 6.07 Å². The van der Waals surface area contributed by atoms with E-state index in [9.17, 15) is 4.39 Å². The number of anilines is 1. The molecular formula is C15H13ClFN5. The van der Waals surface area contributed by atoms with Crippen LogP contribution in [0.5, 0.6) is 0 Å². The van der Waals surface area contributed by atoms with Crippen LogP contribution in [0.4, 0.5) is 10.1 Å². The molecule has 2 heterocycles. The van der Waals surface area contributed by atoms with E-state index in [1.165, 1.54) is 6.07 Å². The minimum Gasteiger partial charge on any atom is -0.378 e. The van der Waals surface area contributed by atoms with Crippen LogP contribution in [0.25, 0.3) is 5.65 Å². The molecule has 0 spiro atoms. The van der Waals surface area contributed by atoms with Gasteiger partial charge in [-0.1, -0.05) is 23.7 Å². The van der Waals surface area contributed by atoms with Gasteiger partial charge in [0.2, 0.25) is 5.65 Å². The van der Waals surface area contributed by atoms with Crippen molar-refractivity contribution in [3.05, 3.63) is 52.7 Å². The van der Waals surface area contributed by atoms with Crippen LogP contribution in [0.3, 0.4) is 0 Å². The summed E-state index contributed by atoms with van der Waals surface area (Å²) >= 11 is 5.99. The molecular weight excluding hydrogens is 305 g/mol. The number of rotatable bonds is 4. The summed E-state index contributed by atoms with van der Waals surface area (Å²) in [5.41, 5.74) is 3.20. The fourth-order valence-electron chi connectivity index (χ4n) is 2.43. The van der Waals surface area contributed by atoms with Crippen molar-refractivity contribution in [3.8, 4) is 0 Å². The summed E-state index contributed by atoms with van der Waals surface area (Å²) in [5.74, 6) is 0.104. The summed E-state index contributed by atoms with van der Waals surface area (Å²) < 4.78 is 15.2. The Morgan fingerprint density at radius 3 is 3.05 bits per heavy atom. The third-order valence-corrected chi connectivity index (χ3v) is 4.21. The van der Waals surface area contributed by atoms with Gasteiger partial charge in [0, 0.05) is 12.5 Å². The highest BCUT2D eigenvalue weighted by atomic mass is 35.5. The van der Waals surface area contributed by atoms with E-state index in [2.05, 4.69) is 20.6 Å². The SMILES string of the molecule is Fc1cccc(CNc2cc(C3CC3)nn3cnnc23)c1Cl. The Bertz CT molecular complexity index is 843. The molecule has 0 unspecified atom stereocenters. The number of hydrogen-bond acceptors (Lipinski definition) is 4. The lowest BCUT2D eigenvalue weighted by molar-refractivity contribution is 0.626. The zero-order chi connectivity index (χ0) is 15.1. The second-order valence-corrected chi connectivity index (χ2v) is 5.80. The summed E-state index contributed by atoms with van der Waals surface area (Å²) in [6.45, 7) is 0.410. The molecule has 0 aliphatic heterocycles. The first kappa shape index (κ1) is 13.5. The molecule has 112 valence electrons. The van der Waals surface area contributed by atoms with Crippen LogP contribution in [0.15, 0.2) is 30.6 Å². The van der Waals surface area contributed by atoms with Gasteiger partial charge in [-0.15, -0.1) is 10.2 Å². The highest BCUT2D eigenvalue weighted by Gasteiger charge is 2.26. The van der Waals surface area contributed by atoms with E-state index in [1.54, 1.807) is 23.0 Å². The lowest BCUT2D eigenvalue weighted by atomic mass is 10.2. The van der Waals surface area contributed by atoms with Gasteiger partial charge in [-0.2, -0.15) is 9.61 Å². The van der Waals surface area contributed by atoms with Crippen molar-refractivity contribution in [1.29, 1.82) is 0 Å². The number of hydrogen-bond donors (Lipinski definition) is 1. The van der Waals surface area contributed by atoms with Crippen LogP contribution in [-0.2, 0) is 6.54 Å². The van der Waals surface area contributed by atoms with E-state index in [-0.39, 0.29) is 5.02 Å². The molecule has 0 atom stereocenters. The van der Waals surface area contributed by atoms with E-state index in [4.69, 9.17) is 11.6 Å². The monoisotopic (exact) mass is 317 g/mol. The van der Waals surface area contributed by atoms with Crippen molar-refractivity contribution >= 4 is 22.9 Å². The Morgan fingerprint density at radius 1 is 1.36 bits per heavy atom. The molecule has 1 N–H and O–H groups in total. The maximum atomic E-state index is 13.5. The molecule has 0 bridgehead atoms. The Balaban J connectivity index is 1.66. The standard InChI is InChI=1S/C15H13ClFN5/c16-14-10(2-1-3-11(14)17)7-18-13-6-12(9-4-5-9)21-22-8-19-20-15(13)22/h1-3,6,8-9,18H,4-5,7H2. The normalized spacial score (nSPS) is 14.5. The maximum Gasteiger partial charge on any atom is 0.200 e. The van der Waals surface area contributed by atoms with Crippen LogP contribution < -0.4 is 5.32 Å². The minimum atomic E-state index is -0.415. The predicted octanol–water partition coefficient (Wildman–Crippen LogP) is 3.41. The van der Waals surface area contributed by atoms with Crippen molar-refractivity contribution in [2.75, 3.05) is 5.32 Å². The van der Waals surface area contributed by atoms with Gasteiger partial charge in [0.05, 0.1) is 16.4 Å². The summed E-state index contributed by atoms with van der Waals surface area (Å²) in [6.07, 6.45) is 3.91. The molecule has 2 aromatic heterocycles. The molecule has 3 aromatic rings. The molecule has 7 heteroatoms. The van der Waals surface area contributed by atoms with E-state index in [0.29, 0.717) is 23.7 Å². The number of nitrogens with one attached hydrogen (secondary N) is 1. The quantitative estimate of drug-likeness (QED) is 0.801.